The molecule has 0 unspecified atom stereocenters. The molecule has 2 aromatic carbocycles. The molecule has 164 valence electrons. The minimum Gasteiger partial charge on any atom is -0.342 e. The van der Waals surface area contributed by atoms with Crippen LogP contribution in [0.5, 0.6) is 0 Å². The van der Waals surface area contributed by atoms with E-state index in [0.29, 0.717) is 36.9 Å². The van der Waals surface area contributed by atoms with Gasteiger partial charge >= 0.3 is 0 Å². The summed E-state index contributed by atoms with van der Waals surface area (Å²) in [4.78, 5) is 19.0. The number of aryl methyl sites for hydroxylation is 1. The molecule has 0 N–H and O–H groups in total. The predicted molar refractivity (Wildman–Crippen MR) is 127 cm³/mol. The number of piperidine rings is 1. The number of benzene rings is 2. The Kier molecular flexibility index (Phi) is 6.94. The van der Waals surface area contributed by atoms with Crippen LogP contribution in [0.2, 0.25) is 5.02 Å². The summed E-state index contributed by atoms with van der Waals surface area (Å²) in [5, 5.41) is 1.74. The number of halogens is 1. The number of hydrogen-bond acceptors (Lipinski definition) is 5. The Labute approximate surface area is 192 Å². The van der Waals surface area contributed by atoms with Crippen LogP contribution in [-0.2, 0) is 21.1 Å². The van der Waals surface area contributed by atoms with E-state index in [9.17, 15) is 13.2 Å². The van der Waals surface area contributed by atoms with Gasteiger partial charge in [-0.15, -0.1) is 11.3 Å². The van der Waals surface area contributed by atoms with Crippen molar-refractivity contribution in [3.63, 3.8) is 0 Å². The van der Waals surface area contributed by atoms with Crippen LogP contribution in [0, 0.1) is 0 Å². The van der Waals surface area contributed by atoms with Crippen LogP contribution in [0.15, 0.2) is 48.5 Å². The molecule has 1 aliphatic heterocycles. The first kappa shape index (κ1) is 22.2. The van der Waals surface area contributed by atoms with Crippen molar-refractivity contribution in [3.05, 3.63) is 64.1 Å². The van der Waals surface area contributed by atoms with Gasteiger partial charge in [0.2, 0.25) is 5.91 Å². The van der Waals surface area contributed by atoms with Gasteiger partial charge in [0, 0.05) is 24.0 Å². The van der Waals surface area contributed by atoms with E-state index in [1.807, 2.05) is 48.5 Å². The first-order valence-corrected chi connectivity index (χ1v) is 13.5. The second-order valence-corrected chi connectivity index (χ2v) is 11.7. The van der Waals surface area contributed by atoms with Gasteiger partial charge in [0.05, 0.1) is 21.0 Å². The zero-order valence-electron chi connectivity index (χ0n) is 17.2. The Bertz CT molecular complexity index is 1150. The van der Waals surface area contributed by atoms with Crippen LogP contribution in [0.25, 0.3) is 10.2 Å². The minimum atomic E-state index is -3.40. The fourth-order valence-corrected chi connectivity index (χ4v) is 6.53. The maximum Gasteiger partial charge on any atom is 0.237 e. The SMILES string of the molecule is O=C(CS(=O)(=O)CCCc1ccccc1)N1CCC(c2nc3cc(Cl)ccc3s2)CC1. The van der Waals surface area contributed by atoms with Gasteiger partial charge < -0.3 is 4.90 Å². The van der Waals surface area contributed by atoms with Crippen molar-refractivity contribution in [2.24, 2.45) is 0 Å². The fraction of sp³-hybridized carbons (Fsp3) is 0.391. The molecule has 3 aromatic rings. The molecular weight excluding hydrogens is 452 g/mol. The molecule has 4 rings (SSSR count). The molecule has 0 saturated carbocycles. The average Bonchev–Trinajstić information content (AvgIpc) is 3.17. The van der Waals surface area contributed by atoms with Gasteiger partial charge in [-0.2, -0.15) is 0 Å². The fourth-order valence-electron chi connectivity index (χ4n) is 3.96. The maximum absolute atomic E-state index is 12.6. The van der Waals surface area contributed by atoms with Gasteiger partial charge in [0.15, 0.2) is 9.84 Å². The second-order valence-electron chi connectivity index (χ2n) is 8.00. The van der Waals surface area contributed by atoms with Gasteiger partial charge in [-0.25, -0.2) is 13.4 Å². The molecule has 1 saturated heterocycles. The monoisotopic (exact) mass is 476 g/mol. The molecule has 0 bridgehead atoms. The van der Waals surface area contributed by atoms with Crippen molar-refractivity contribution in [3.8, 4) is 0 Å². The van der Waals surface area contributed by atoms with E-state index in [4.69, 9.17) is 16.6 Å². The number of fused-ring (bicyclic) bond motifs is 1. The van der Waals surface area contributed by atoms with E-state index in [1.165, 1.54) is 0 Å². The summed E-state index contributed by atoms with van der Waals surface area (Å²) in [6.07, 6.45) is 2.83. The normalized spacial score (nSPS) is 15.5. The number of sulfone groups is 1. The number of hydrogen-bond donors (Lipinski definition) is 0. The average molecular weight is 477 g/mol. The van der Waals surface area contributed by atoms with Crippen molar-refractivity contribution in [1.82, 2.24) is 9.88 Å². The summed E-state index contributed by atoms with van der Waals surface area (Å²) in [7, 11) is -3.40. The lowest BCUT2D eigenvalue weighted by molar-refractivity contribution is -0.129. The van der Waals surface area contributed by atoms with E-state index in [1.54, 1.807) is 16.2 Å². The summed E-state index contributed by atoms with van der Waals surface area (Å²) in [5.74, 6) is -0.346. The number of thiazole rings is 1. The van der Waals surface area contributed by atoms with Crippen LogP contribution in [-0.4, -0.2) is 48.8 Å². The number of aromatic nitrogens is 1. The van der Waals surface area contributed by atoms with Crippen LogP contribution in [0.1, 0.15) is 35.8 Å². The third kappa shape index (κ3) is 5.84. The standard InChI is InChI=1S/C23H25ClN2O3S2/c24-19-8-9-21-20(15-19)25-23(30-21)18-10-12-26(13-11-18)22(27)16-31(28,29)14-4-7-17-5-2-1-3-6-17/h1-3,5-6,8-9,15,18H,4,7,10-14,16H2. The molecule has 0 atom stereocenters. The van der Waals surface area contributed by atoms with Crippen molar-refractivity contribution in [2.75, 3.05) is 24.6 Å². The minimum absolute atomic E-state index is 0.0400. The van der Waals surface area contributed by atoms with Crippen LogP contribution in [0.4, 0.5) is 0 Å². The second kappa shape index (κ2) is 9.67. The van der Waals surface area contributed by atoms with Crippen LogP contribution >= 0.6 is 22.9 Å². The summed E-state index contributed by atoms with van der Waals surface area (Å²) in [6, 6.07) is 15.5. The number of carbonyl (C=O) groups excluding carboxylic acids is 1. The van der Waals surface area contributed by atoms with E-state index in [2.05, 4.69) is 0 Å². The highest BCUT2D eigenvalue weighted by atomic mass is 35.5. The first-order chi connectivity index (χ1) is 14.9. The van der Waals surface area contributed by atoms with E-state index in [-0.39, 0.29) is 11.7 Å². The number of likely N-dealkylation sites (tertiary alicyclic amines) is 1. The van der Waals surface area contributed by atoms with Crippen molar-refractivity contribution >= 4 is 48.9 Å². The lowest BCUT2D eigenvalue weighted by atomic mass is 9.97. The van der Waals surface area contributed by atoms with Gasteiger partial charge in [-0.05, 0) is 49.4 Å². The summed E-state index contributed by atoms with van der Waals surface area (Å²) >= 11 is 7.72. The summed E-state index contributed by atoms with van der Waals surface area (Å²) < 4.78 is 26.0. The molecule has 0 aliphatic carbocycles. The molecule has 0 radical (unpaired) electrons. The molecule has 31 heavy (non-hydrogen) atoms. The number of carbonyl (C=O) groups is 1. The van der Waals surface area contributed by atoms with Crippen LogP contribution < -0.4 is 0 Å². The number of amides is 1. The van der Waals surface area contributed by atoms with Gasteiger partial charge in [-0.3, -0.25) is 4.79 Å². The Morgan fingerprint density at radius 1 is 1.13 bits per heavy atom. The first-order valence-electron chi connectivity index (χ1n) is 10.5. The topological polar surface area (TPSA) is 67.3 Å². The molecule has 1 aromatic heterocycles. The third-order valence-corrected chi connectivity index (χ3v) is 8.70. The largest absolute Gasteiger partial charge is 0.342 e. The molecule has 8 heteroatoms. The smallest absolute Gasteiger partial charge is 0.237 e. The highest BCUT2D eigenvalue weighted by Crippen LogP contribution is 2.34. The molecule has 0 spiro atoms. The molecular formula is C23H25ClN2O3S2. The predicted octanol–water partition coefficient (Wildman–Crippen LogP) is 4.70. The Hall–Kier alpha value is -1.96. The Morgan fingerprint density at radius 2 is 1.87 bits per heavy atom. The van der Waals surface area contributed by atoms with E-state index < -0.39 is 15.6 Å². The quantitative estimate of drug-likeness (QED) is 0.495. The Morgan fingerprint density at radius 3 is 2.61 bits per heavy atom. The highest BCUT2D eigenvalue weighted by Gasteiger charge is 2.28. The van der Waals surface area contributed by atoms with Crippen molar-refractivity contribution < 1.29 is 13.2 Å². The molecule has 5 nitrogen and oxygen atoms in total. The molecule has 1 fully saturated rings. The highest BCUT2D eigenvalue weighted by molar-refractivity contribution is 7.92. The zero-order valence-corrected chi connectivity index (χ0v) is 19.6. The third-order valence-electron chi connectivity index (χ3n) is 5.67. The van der Waals surface area contributed by atoms with Crippen LogP contribution in [0.3, 0.4) is 0 Å². The lowest BCUT2D eigenvalue weighted by Gasteiger charge is -2.31. The molecule has 1 amide bonds. The zero-order chi connectivity index (χ0) is 21.8. The maximum atomic E-state index is 12.6. The van der Waals surface area contributed by atoms with E-state index >= 15 is 0 Å². The number of rotatable bonds is 7. The summed E-state index contributed by atoms with van der Waals surface area (Å²) in [6.45, 7) is 1.14. The Balaban J connectivity index is 1.27. The summed E-state index contributed by atoms with van der Waals surface area (Å²) in [5.41, 5.74) is 2.02. The van der Waals surface area contributed by atoms with Crippen molar-refractivity contribution in [1.29, 1.82) is 0 Å². The molecule has 1 aliphatic rings. The van der Waals surface area contributed by atoms with Crippen molar-refractivity contribution in [2.45, 2.75) is 31.6 Å². The van der Waals surface area contributed by atoms with Gasteiger partial charge in [0.1, 0.15) is 5.75 Å². The lowest BCUT2D eigenvalue weighted by Crippen LogP contribution is -2.41. The van der Waals surface area contributed by atoms with Gasteiger partial charge in [-0.1, -0.05) is 41.9 Å². The molecule has 2 heterocycles. The van der Waals surface area contributed by atoms with Gasteiger partial charge in [0.25, 0.3) is 0 Å². The number of nitrogens with zero attached hydrogens (tertiary/aromatic N) is 2. The van der Waals surface area contributed by atoms with E-state index in [0.717, 1.165) is 33.6 Å².